The van der Waals surface area contributed by atoms with Crippen LogP contribution >= 0.6 is 0 Å². The van der Waals surface area contributed by atoms with Crippen LogP contribution in [0.4, 0.5) is 0 Å². The van der Waals surface area contributed by atoms with Crippen molar-refractivity contribution < 1.29 is 9.53 Å². The third kappa shape index (κ3) is 3.46. The van der Waals surface area contributed by atoms with Crippen molar-refractivity contribution in [1.82, 2.24) is 19.4 Å². The van der Waals surface area contributed by atoms with Gasteiger partial charge in [0, 0.05) is 25.0 Å². The summed E-state index contributed by atoms with van der Waals surface area (Å²) in [7, 11) is 1.91. The maximum absolute atomic E-state index is 12.1. The second-order valence-electron chi connectivity index (χ2n) is 6.39. The SMILES string of the molecule is CCOC(=O)c1cc(Cc2ccc(-c3cnn(C)c3)cc2)c2cccn2n1. The number of hydrogen-bond acceptors (Lipinski definition) is 4. The van der Waals surface area contributed by atoms with Crippen LogP contribution in [0.1, 0.15) is 28.5 Å². The van der Waals surface area contributed by atoms with Crippen LogP contribution in [-0.2, 0) is 18.2 Å². The number of aryl methyl sites for hydroxylation is 1. The molecule has 0 N–H and O–H groups in total. The van der Waals surface area contributed by atoms with Crippen molar-refractivity contribution in [2.45, 2.75) is 13.3 Å². The first-order valence-corrected chi connectivity index (χ1v) is 8.86. The minimum Gasteiger partial charge on any atom is -0.461 e. The minimum absolute atomic E-state index is 0.322. The van der Waals surface area contributed by atoms with E-state index in [1.54, 1.807) is 16.1 Å². The quantitative estimate of drug-likeness (QED) is 0.511. The molecule has 0 saturated carbocycles. The summed E-state index contributed by atoms with van der Waals surface area (Å²) < 4.78 is 8.62. The predicted molar refractivity (Wildman–Crippen MR) is 103 cm³/mol. The number of carbonyl (C=O) groups is 1. The number of benzene rings is 1. The third-order valence-electron chi connectivity index (χ3n) is 4.45. The summed E-state index contributed by atoms with van der Waals surface area (Å²) in [6.07, 6.45) is 6.39. The minimum atomic E-state index is -0.402. The summed E-state index contributed by atoms with van der Waals surface area (Å²) in [5.74, 6) is -0.402. The van der Waals surface area contributed by atoms with Gasteiger partial charge < -0.3 is 4.74 Å². The summed E-state index contributed by atoms with van der Waals surface area (Å²) in [5, 5.41) is 8.56. The standard InChI is InChI=1S/C21H20N4O2/c1-3-27-21(26)19-12-17(20-5-4-10-25(20)23-19)11-15-6-8-16(9-7-15)18-13-22-24(2)14-18/h4-10,12-14H,3,11H2,1-2H3. The van der Waals surface area contributed by atoms with Crippen molar-refractivity contribution in [3.05, 3.63) is 77.9 Å². The number of esters is 1. The molecule has 0 aliphatic rings. The lowest BCUT2D eigenvalue weighted by Gasteiger charge is -2.09. The fourth-order valence-electron chi connectivity index (χ4n) is 3.15. The van der Waals surface area contributed by atoms with E-state index in [1.165, 1.54) is 0 Å². The topological polar surface area (TPSA) is 61.4 Å². The van der Waals surface area contributed by atoms with Crippen LogP contribution in [0, 0.1) is 0 Å². The molecule has 0 spiro atoms. The second-order valence-corrected chi connectivity index (χ2v) is 6.39. The van der Waals surface area contributed by atoms with Crippen molar-refractivity contribution in [3.8, 4) is 11.1 Å². The van der Waals surface area contributed by atoms with Crippen LogP contribution in [0.2, 0.25) is 0 Å². The highest BCUT2D eigenvalue weighted by Gasteiger charge is 2.13. The van der Waals surface area contributed by atoms with Gasteiger partial charge in [0.2, 0.25) is 0 Å². The summed E-state index contributed by atoms with van der Waals surface area (Å²) in [6, 6.07) is 14.1. The Kier molecular flexibility index (Phi) is 4.46. The molecule has 136 valence electrons. The maximum Gasteiger partial charge on any atom is 0.358 e. The monoisotopic (exact) mass is 360 g/mol. The highest BCUT2D eigenvalue weighted by Crippen LogP contribution is 2.22. The van der Waals surface area contributed by atoms with Crippen LogP contribution in [0.3, 0.4) is 0 Å². The number of carbonyl (C=O) groups excluding carboxylic acids is 1. The molecule has 0 bridgehead atoms. The fraction of sp³-hybridized carbons (Fsp3) is 0.190. The zero-order chi connectivity index (χ0) is 18.8. The van der Waals surface area contributed by atoms with Gasteiger partial charge in [0.15, 0.2) is 5.69 Å². The molecule has 0 atom stereocenters. The Morgan fingerprint density at radius 2 is 1.96 bits per heavy atom. The molecule has 3 heterocycles. The molecule has 6 nitrogen and oxygen atoms in total. The van der Waals surface area contributed by atoms with Gasteiger partial charge in [0.1, 0.15) is 0 Å². The van der Waals surface area contributed by atoms with E-state index in [0.717, 1.165) is 27.8 Å². The van der Waals surface area contributed by atoms with Crippen molar-refractivity contribution in [1.29, 1.82) is 0 Å². The van der Waals surface area contributed by atoms with E-state index in [4.69, 9.17) is 4.74 Å². The molecule has 1 aromatic carbocycles. The average Bonchev–Trinajstić information content (AvgIpc) is 3.31. The largest absolute Gasteiger partial charge is 0.461 e. The van der Waals surface area contributed by atoms with Gasteiger partial charge in [-0.1, -0.05) is 24.3 Å². The molecule has 0 radical (unpaired) electrons. The van der Waals surface area contributed by atoms with E-state index < -0.39 is 5.97 Å². The molecule has 4 rings (SSSR count). The molecule has 0 aliphatic heterocycles. The first-order valence-electron chi connectivity index (χ1n) is 8.86. The molecule has 0 amide bonds. The molecular formula is C21H20N4O2. The van der Waals surface area contributed by atoms with Crippen molar-refractivity contribution in [2.75, 3.05) is 6.61 Å². The smallest absolute Gasteiger partial charge is 0.358 e. The summed E-state index contributed by atoms with van der Waals surface area (Å²) in [4.78, 5) is 12.1. The van der Waals surface area contributed by atoms with Gasteiger partial charge in [-0.15, -0.1) is 0 Å². The molecule has 0 saturated heterocycles. The first-order chi connectivity index (χ1) is 13.1. The summed E-state index contributed by atoms with van der Waals surface area (Å²) in [6.45, 7) is 2.12. The molecule has 27 heavy (non-hydrogen) atoms. The highest BCUT2D eigenvalue weighted by molar-refractivity contribution is 5.88. The number of aromatic nitrogens is 4. The maximum atomic E-state index is 12.1. The number of rotatable bonds is 5. The van der Waals surface area contributed by atoms with E-state index in [9.17, 15) is 4.79 Å². The van der Waals surface area contributed by atoms with Gasteiger partial charge >= 0.3 is 5.97 Å². The predicted octanol–water partition coefficient (Wildman–Crippen LogP) is 3.50. The Bertz CT molecular complexity index is 1090. The molecule has 0 unspecified atom stereocenters. The Hall–Kier alpha value is -3.41. The zero-order valence-corrected chi connectivity index (χ0v) is 15.3. The van der Waals surface area contributed by atoms with Crippen LogP contribution in [0.25, 0.3) is 16.6 Å². The second kappa shape index (κ2) is 7.07. The van der Waals surface area contributed by atoms with Gasteiger partial charge in [-0.2, -0.15) is 10.2 Å². The summed E-state index contributed by atoms with van der Waals surface area (Å²) in [5.41, 5.74) is 5.72. The van der Waals surface area contributed by atoms with Crippen LogP contribution in [-0.4, -0.2) is 32.0 Å². The number of hydrogen-bond donors (Lipinski definition) is 0. The molecule has 0 fully saturated rings. The molecule has 4 aromatic rings. The van der Waals surface area contributed by atoms with E-state index in [0.29, 0.717) is 18.7 Å². The normalized spacial score (nSPS) is 11.0. The van der Waals surface area contributed by atoms with E-state index in [1.807, 2.05) is 43.8 Å². The molecule has 0 aliphatic carbocycles. The van der Waals surface area contributed by atoms with Crippen LogP contribution in [0.15, 0.2) is 61.1 Å². The first kappa shape index (κ1) is 17.0. The molecule has 3 aromatic heterocycles. The Balaban J connectivity index is 1.64. The van der Waals surface area contributed by atoms with Gasteiger partial charge in [-0.25, -0.2) is 9.31 Å². The van der Waals surface area contributed by atoms with Gasteiger partial charge in [-0.05, 0) is 48.2 Å². The van der Waals surface area contributed by atoms with Crippen molar-refractivity contribution in [2.24, 2.45) is 7.05 Å². The lowest BCUT2D eigenvalue weighted by atomic mass is 10.0. The van der Waals surface area contributed by atoms with Crippen LogP contribution in [0.5, 0.6) is 0 Å². The van der Waals surface area contributed by atoms with Crippen LogP contribution < -0.4 is 0 Å². The van der Waals surface area contributed by atoms with Crippen molar-refractivity contribution >= 4 is 11.5 Å². The Morgan fingerprint density at radius 3 is 2.67 bits per heavy atom. The van der Waals surface area contributed by atoms with Gasteiger partial charge in [-0.3, -0.25) is 4.68 Å². The summed E-state index contributed by atoms with van der Waals surface area (Å²) >= 11 is 0. The molecular weight excluding hydrogens is 340 g/mol. The zero-order valence-electron chi connectivity index (χ0n) is 15.3. The lowest BCUT2D eigenvalue weighted by Crippen LogP contribution is -2.11. The average molecular weight is 360 g/mol. The highest BCUT2D eigenvalue weighted by atomic mass is 16.5. The lowest BCUT2D eigenvalue weighted by molar-refractivity contribution is 0.0517. The van der Waals surface area contributed by atoms with Gasteiger partial charge in [0.25, 0.3) is 0 Å². The van der Waals surface area contributed by atoms with E-state index in [-0.39, 0.29) is 0 Å². The number of ether oxygens (including phenoxy) is 1. The number of nitrogens with zero attached hydrogens (tertiary/aromatic N) is 4. The molecule has 6 heteroatoms. The third-order valence-corrected chi connectivity index (χ3v) is 4.45. The fourth-order valence-corrected chi connectivity index (χ4v) is 3.15. The Labute approximate surface area is 157 Å². The van der Waals surface area contributed by atoms with Gasteiger partial charge in [0.05, 0.1) is 18.3 Å². The van der Waals surface area contributed by atoms with E-state index in [2.05, 4.69) is 34.5 Å². The van der Waals surface area contributed by atoms with Crippen molar-refractivity contribution in [3.63, 3.8) is 0 Å². The Morgan fingerprint density at radius 1 is 1.15 bits per heavy atom. The number of fused-ring (bicyclic) bond motifs is 1. The van der Waals surface area contributed by atoms with E-state index >= 15 is 0 Å².